The maximum atomic E-state index is 11.9. The normalized spacial score (nSPS) is 16.8. The van der Waals surface area contributed by atoms with Crippen LogP contribution >= 0.6 is 0 Å². The van der Waals surface area contributed by atoms with Crippen LogP contribution in [0.3, 0.4) is 0 Å². The molecule has 1 aliphatic heterocycles. The predicted octanol–water partition coefficient (Wildman–Crippen LogP) is 1.77. The molecule has 1 aromatic rings. The van der Waals surface area contributed by atoms with E-state index in [1.807, 2.05) is 17.0 Å². The van der Waals surface area contributed by atoms with Gasteiger partial charge in [-0.2, -0.15) is 0 Å². The number of hydrogen-bond acceptors (Lipinski definition) is 3. The Labute approximate surface area is 102 Å². The number of carbonyl (C=O) groups is 1. The zero-order valence-electron chi connectivity index (χ0n) is 10.2. The number of likely N-dealkylation sites (tertiary alicyclic amines) is 1. The Morgan fingerprint density at radius 3 is 2.71 bits per heavy atom. The summed E-state index contributed by atoms with van der Waals surface area (Å²) in [5, 5.41) is 3.12. The number of hydrogen-bond donors (Lipinski definition) is 1. The standard InChI is InChI=1S/C13H20N2O2/c16-13(15-7-3-1-2-4-8-15)11-14-10-12-6-5-9-17-12/h5-6,9,14H,1-4,7-8,10-11H2. The molecule has 1 amide bonds. The van der Waals surface area contributed by atoms with E-state index in [0.29, 0.717) is 13.1 Å². The molecule has 1 N–H and O–H groups in total. The highest BCUT2D eigenvalue weighted by molar-refractivity contribution is 5.78. The number of carbonyl (C=O) groups excluding carboxylic acids is 1. The first kappa shape index (κ1) is 12.2. The predicted molar refractivity (Wildman–Crippen MR) is 65.5 cm³/mol. The summed E-state index contributed by atoms with van der Waals surface area (Å²) < 4.78 is 5.19. The van der Waals surface area contributed by atoms with Crippen LogP contribution in [-0.4, -0.2) is 30.4 Å². The molecule has 94 valence electrons. The number of nitrogens with zero attached hydrogens (tertiary/aromatic N) is 1. The van der Waals surface area contributed by atoms with Crippen molar-refractivity contribution in [3.05, 3.63) is 24.2 Å². The topological polar surface area (TPSA) is 45.5 Å². The van der Waals surface area contributed by atoms with Crippen LogP contribution in [0.4, 0.5) is 0 Å². The number of amides is 1. The van der Waals surface area contributed by atoms with Gasteiger partial charge in [0.25, 0.3) is 0 Å². The third-order valence-electron chi connectivity index (χ3n) is 3.11. The van der Waals surface area contributed by atoms with E-state index in [2.05, 4.69) is 5.32 Å². The summed E-state index contributed by atoms with van der Waals surface area (Å²) in [4.78, 5) is 13.9. The minimum atomic E-state index is 0.207. The summed E-state index contributed by atoms with van der Waals surface area (Å²) in [5.41, 5.74) is 0. The van der Waals surface area contributed by atoms with Gasteiger partial charge in [0, 0.05) is 13.1 Å². The van der Waals surface area contributed by atoms with Gasteiger partial charge < -0.3 is 14.6 Å². The summed E-state index contributed by atoms with van der Waals surface area (Å²) in [6.45, 7) is 2.86. The quantitative estimate of drug-likeness (QED) is 0.866. The molecule has 0 bridgehead atoms. The van der Waals surface area contributed by atoms with Gasteiger partial charge in [-0.15, -0.1) is 0 Å². The summed E-state index contributed by atoms with van der Waals surface area (Å²) in [5.74, 6) is 1.08. The molecule has 0 aromatic carbocycles. The summed E-state index contributed by atoms with van der Waals surface area (Å²) in [6.07, 6.45) is 6.44. The van der Waals surface area contributed by atoms with Gasteiger partial charge >= 0.3 is 0 Å². The van der Waals surface area contributed by atoms with Crippen LogP contribution in [0.15, 0.2) is 22.8 Å². The third-order valence-corrected chi connectivity index (χ3v) is 3.11. The van der Waals surface area contributed by atoms with Gasteiger partial charge in [0.15, 0.2) is 0 Å². The average Bonchev–Trinajstić information content (AvgIpc) is 2.69. The van der Waals surface area contributed by atoms with Gasteiger partial charge in [-0.1, -0.05) is 12.8 Å². The molecule has 4 nitrogen and oxygen atoms in total. The first-order valence-electron chi connectivity index (χ1n) is 6.37. The molecule has 2 heterocycles. The van der Waals surface area contributed by atoms with Crippen molar-refractivity contribution in [1.82, 2.24) is 10.2 Å². The second-order valence-electron chi connectivity index (χ2n) is 4.48. The first-order chi connectivity index (χ1) is 8.36. The smallest absolute Gasteiger partial charge is 0.236 e. The van der Waals surface area contributed by atoms with Gasteiger partial charge in [-0.05, 0) is 25.0 Å². The van der Waals surface area contributed by atoms with Crippen LogP contribution in [0.25, 0.3) is 0 Å². The van der Waals surface area contributed by atoms with E-state index in [0.717, 1.165) is 31.7 Å². The monoisotopic (exact) mass is 236 g/mol. The lowest BCUT2D eigenvalue weighted by Crippen LogP contribution is -2.38. The van der Waals surface area contributed by atoms with Crippen molar-refractivity contribution in [1.29, 1.82) is 0 Å². The van der Waals surface area contributed by atoms with Crippen LogP contribution in [0, 0.1) is 0 Å². The Balaban J connectivity index is 1.69. The zero-order chi connectivity index (χ0) is 11.9. The van der Waals surface area contributed by atoms with Crippen LogP contribution in [0.1, 0.15) is 31.4 Å². The average molecular weight is 236 g/mol. The molecule has 0 radical (unpaired) electrons. The largest absolute Gasteiger partial charge is 0.468 e. The fourth-order valence-electron chi connectivity index (χ4n) is 2.14. The molecular weight excluding hydrogens is 216 g/mol. The molecule has 0 unspecified atom stereocenters. The van der Waals surface area contributed by atoms with Crippen molar-refractivity contribution in [3.8, 4) is 0 Å². The van der Waals surface area contributed by atoms with E-state index < -0.39 is 0 Å². The minimum absolute atomic E-state index is 0.207. The van der Waals surface area contributed by atoms with E-state index in [1.165, 1.54) is 12.8 Å². The van der Waals surface area contributed by atoms with E-state index in [9.17, 15) is 4.79 Å². The highest BCUT2D eigenvalue weighted by Crippen LogP contribution is 2.09. The second kappa shape index (κ2) is 6.45. The Hall–Kier alpha value is -1.29. The van der Waals surface area contributed by atoms with E-state index in [4.69, 9.17) is 4.42 Å². The van der Waals surface area contributed by atoms with Gasteiger partial charge in [0.2, 0.25) is 5.91 Å². The van der Waals surface area contributed by atoms with Crippen molar-refractivity contribution in [2.24, 2.45) is 0 Å². The minimum Gasteiger partial charge on any atom is -0.468 e. The molecule has 0 aliphatic carbocycles. The van der Waals surface area contributed by atoms with Crippen molar-refractivity contribution in [2.45, 2.75) is 32.2 Å². The molecule has 1 aliphatic rings. The first-order valence-corrected chi connectivity index (χ1v) is 6.37. The van der Waals surface area contributed by atoms with Crippen LogP contribution < -0.4 is 5.32 Å². The lowest BCUT2D eigenvalue weighted by Gasteiger charge is -2.20. The lowest BCUT2D eigenvalue weighted by atomic mass is 10.2. The molecule has 1 fully saturated rings. The Morgan fingerprint density at radius 1 is 1.29 bits per heavy atom. The fourth-order valence-corrected chi connectivity index (χ4v) is 2.14. The number of rotatable bonds is 4. The fraction of sp³-hybridized carbons (Fsp3) is 0.615. The molecule has 1 saturated heterocycles. The molecule has 4 heteroatoms. The molecule has 17 heavy (non-hydrogen) atoms. The zero-order valence-corrected chi connectivity index (χ0v) is 10.2. The summed E-state index contributed by atoms with van der Waals surface area (Å²) >= 11 is 0. The lowest BCUT2D eigenvalue weighted by molar-refractivity contribution is -0.130. The van der Waals surface area contributed by atoms with Crippen molar-refractivity contribution in [3.63, 3.8) is 0 Å². The maximum absolute atomic E-state index is 11.9. The van der Waals surface area contributed by atoms with Crippen molar-refractivity contribution < 1.29 is 9.21 Å². The van der Waals surface area contributed by atoms with Gasteiger partial charge in [0.1, 0.15) is 5.76 Å². The van der Waals surface area contributed by atoms with E-state index in [1.54, 1.807) is 6.26 Å². The maximum Gasteiger partial charge on any atom is 0.236 e. The van der Waals surface area contributed by atoms with Gasteiger partial charge in [0.05, 0.1) is 19.4 Å². The van der Waals surface area contributed by atoms with Crippen LogP contribution in [0.5, 0.6) is 0 Å². The number of furan rings is 1. The molecular formula is C13H20N2O2. The molecule has 2 rings (SSSR count). The summed E-state index contributed by atoms with van der Waals surface area (Å²) in [7, 11) is 0. The molecule has 0 saturated carbocycles. The van der Waals surface area contributed by atoms with Gasteiger partial charge in [-0.25, -0.2) is 0 Å². The number of nitrogens with one attached hydrogen (secondary N) is 1. The van der Waals surface area contributed by atoms with E-state index in [-0.39, 0.29) is 5.91 Å². The van der Waals surface area contributed by atoms with Crippen LogP contribution in [0.2, 0.25) is 0 Å². The van der Waals surface area contributed by atoms with E-state index >= 15 is 0 Å². The highest BCUT2D eigenvalue weighted by Gasteiger charge is 2.14. The molecule has 0 atom stereocenters. The molecule has 1 aromatic heterocycles. The Bertz CT molecular complexity index is 327. The molecule has 0 spiro atoms. The highest BCUT2D eigenvalue weighted by atomic mass is 16.3. The van der Waals surface area contributed by atoms with Crippen LogP contribution in [-0.2, 0) is 11.3 Å². The Morgan fingerprint density at radius 2 is 2.06 bits per heavy atom. The second-order valence-corrected chi connectivity index (χ2v) is 4.48. The SMILES string of the molecule is O=C(CNCc1ccco1)N1CCCCCC1. The Kier molecular flexibility index (Phi) is 4.62. The third kappa shape index (κ3) is 3.89. The summed E-state index contributed by atoms with van der Waals surface area (Å²) in [6, 6.07) is 3.76. The van der Waals surface area contributed by atoms with Crippen molar-refractivity contribution in [2.75, 3.05) is 19.6 Å². The van der Waals surface area contributed by atoms with Gasteiger partial charge in [-0.3, -0.25) is 4.79 Å². The van der Waals surface area contributed by atoms with Crippen molar-refractivity contribution >= 4 is 5.91 Å².